The van der Waals surface area contributed by atoms with Gasteiger partial charge in [-0.05, 0) is 54.7 Å². The molecule has 0 aliphatic carbocycles. The van der Waals surface area contributed by atoms with E-state index < -0.39 is 0 Å². The average Bonchev–Trinajstić information content (AvgIpc) is 2.84. The van der Waals surface area contributed by atoms with Crippen molar-refractivity contribution in [2.45, 2.75) is 40.2 Å². The second-order valence-corrected chi connectivity index (χ2v) is 6.78. The van der Waals surface area contributed by atoms with E-state index in [1.165, 1.54) is 11.1 Å². The molecule has 2 nitrogen and oxygen atoms in total. The fourth-order valence-corrected chi connectivity index (χ4v) is 2.99. The number of rotatable bonds is 3. The van der Waals surface area contributed by atoms with Crippen LogP contribution >= 0.6 is 0 Å². The summed E-state index contributed by atoms with van der Waals surface area (Å²) in [6.45, 7) is 9.15. The summed E-state index contributed by atoms with van der Waals surface area (Å²) < 4.78 is 0. The molecule has 0 saturated carbocycles. The molecular formula is C21H23NO. The number of carbonyl (C=O) groups excluding carboxylic acids is 1. The summed E-state index contributed by atoms with van der Waals surface area (Å²) in [5.74, 6) is 0.600. The van der Waals surface area contributed by atoms with Gasteiger partial charge in [0.1, 0.15) is 0 Å². The first-order valence-electron chi connectivity index (χ1n) is 8.15. The van der Waals surface area contributed by atoms with Crippen LogP contribution in [0.3, 0.4) is 0 Å². The van der Waals surface area contributed by atoms with Gasteiger partial charge in [0.2, 0.25) is 0 Å². The lowest BCUT2D eigenvalue weighted by Gasteiger charge is -2.16. The van der Waals surface area contributed by atoms with Crippen molar-refractivity contribution in [3.63, 3.8) is 0 Å². The van der Waals surface area contributed by atoms with E-state index in [0.717, 1.165) is 22.4 Å². The molecule has 1 amide bonds. The van der Waals surface area contributed by atoms with Crippen molar-refractivity contribution in [3.8, 4) is 0 Å². The first-order chi connectivity index (χ1) is 11.0. The van der Waals surface area contributed by atoms with Gasteiger partial charge in [-0.3, -0.25) is 4.79 Å². The quantitative estimate of drug-likeness (QED) is 0.744. The van der Waals surface area contributed by atoms with Gasteiger partial charge in [-0.1, -0.05) is 49.8 Å². The van der Waals surface area contributed by atoms with Crippen LogP contribution in [0.1, 0.15) is 60.7 Å². The number of carbonyl (C=O) groups is 1. The van der Waals surface area contributed by atoms with Crippen molar-refractivity contribution < 1.29 is 4.79 Å². The Morgan fingerprint density at radius 1 is 1.09 bits per heavy atom. The zero-order valence-corrected chi connectivity index (χ0v) is 14.3. The van der Waals surface area contributed by atoms with Gasteiger partial charge in [0.05, 0.1) is 6.54 Å². The molecule has 2 heteroatoms. The summed E-state index contributed by atoms with van der Waals surface area (Å²) in [5, 5.41) is 0. The lowest BCUT2D eigenvalue weighted by molar-refractivity contribution is 0.0996. The molecular weight excluding hydrogens is 282 g/mol. The SMILES string of the molecule is CC(C)=Cc1ccc2c(c1)C(=O)N(c1ccc(C(C)C)cc1)C2. The molecule has 0 bridgehead atoms. The third-order valence-electron chi connectivity index (χ3n) is 4.26. The normalized spacial score (nSPS) is 13.4. The maximum absolute atomic E-state index is 12.8. The summed E-state index contributed by atoms with van der Waals surface area (Å²) in [6.07, 6.45) is 2.10. The number of benzene rings is 2. The van der Waals surface area contributed by atoms with Gasteiger partial charge in [0, 0.05) is 11.3 Å². The Balaban J connectivity index is 1.90. The number of hydrogen-bond donors (Lipinski definition) is 0. The second-order valence-electron chi connectivity index (χ2n) is 6.78. The Hall–Kier alpha value is -2.35. The van der Waals surface area contributed by atoms with E-state index in [1.807, 2.05) is 11.0 Å². The maximum atomic E-state index is 12.8. The molecule has 118 valence electrons. The Kier molecular flexibility index (Phi) is 4.08. The third kappa shape index (κ3) is 3.07. The van der Waals surface area contributed by atoms with Gasteiger partial charge in [0.15, 0.2) is 0 Å². The standard InChI is InChI=1S/C21H23NO/c1-14(2)11-16-5-6-18-13-22(21(23)20(18)12-16)19-9-7-17(8-10-19)15(3)4/h5-12,15H,13H2,1-4H3. The largest absolute Gasteiger partial charge is 0.304 e. The van der Waals surface area contributed by atoms with Crippen LogP contribution in [0.15, 0.2) is 48.0 Å². The molecule has 0 spiro atoms. The van der Waals surface area contributed by atoms with E-state index in [0.29, 0.717) is 12.5 Å². The Morgan fingerprint density at radius 3 is 2.39 bits per heavy atom. The van der Waals surface area contributed by atoms with Crippen LogP contribution < -0.4 is 4.90 Å². The van der Waals surface area contributed by atoms with Crippen LogP contribution in [-0.4, -0.2) is 5.91 Å². The summed E-state index contributed by atoms with van der Waals surface area (Å²) in [5.41, 5.74) is 6.52. The van der Waals surface area contributed by atoms with Gasteiger partial charge in [-0.2, -0.15) is 0 Å². The summed E-state index contributed by atoms with van der Waals surface area (Å²) in [4.78, 5) is 14.6. The molecule has 23 heavy (non-hydrogen) atoms. The Bertz CT molecular complexity index is 765. The number of hydrogen-bond acceptors (Lipinski definition) is 1. The molecule has 0 aromatic heterocycles. The summed E-state index contributed by atoms with van der Waals surface area (Å²) in [6, 6.07) is 14.5. The lowest BCUT2D eigenvalue weighted by Crippen LogP contribution is -2.22. The summed E-state index contributed by atoms with van der Waals surface area (Å²) >= 11 is 0. The maximum Gasteiger partial charge on any atom is 0.258 e. The molecule has 0 unspecified atom stereocenters. The molecule has 2 aromatic carbocycles. The van der Waals surface area contributed by atoms with Gasteiger partial charge >= 0.3 is 0 Å². The number of nitrogens with zero attached hydrogens (tertiary/aromatic N) is 1. The summed E-state index contributed by atoms with van der Waals surface area (Å²) in [7, 11) is 0. The number of amides is 1. The Morgan fingerprint density at radius 2 is 1.78 bits per heavy atom. The monoisotopic (exact) mass is 305 g/mol. The van der Waals surface area contributed by atoms with Gasteiger partial charge in [-0.25, -0.2) is 0 Å². The molecule has 1 aliphatic heterocycles. The third-order valence-corrected chi connectivity index (χ3v) is 4.26. The van der Waals surface area contributed by atoms with Crippen molar-refractivity contribution in [1.82, 2.24) is 0 Å². The van der Waals surface area contributed by atoms with E-state index in [-0.39, 0.29) is 5.91 Å². The average molecular weight is 305 g/mol. The van der Waals surface area contributed by atoms with E-state index >= 15 is 0 Å². The minimum Gasteiger partial charge on any atom is -0.304 e. The van der Waals surface area contributed by atoms with Crippen LogP contribution in [-0.2, 0) is 6.54 Å². The van der Waals surface area contributed by atoms with E-state index in [9.17, 15) is 4.79 Å². The minimum absolute atomic E-state index is 0.0984. The molecule has 1 aliphatic rings. The highest BCUT2D eigenvalue weighted by molar-refractivity contribution is 6.10. The van der Waals surface area contributed by atoms with Crippen LogP contribution in [0.25, 0.3) is 6.08 Å². The molecule has 3 rings (SSSR count). The van der Waals surface area contributed by atoms with Gasteiger partial charge in [0.25, 0.3) is 5.91 Å². The fourth-order valence-electron chi connectivity index (χ4n) is 2.99. The molecule has 0 saturated heterocycles. The molecule has 1 heterocycles. The zero-order chi connectivity index (χ0) is 16.6. The van der Waals surface area contributed by atoms with Gasteiger partial charge in [-0.15, -0.1) is 0 Å². The number of anilines is 1. The van der Waals surface area contributed by atoms with Gasteiger partial charge < -0.3 is 4.90 Å². The molecule has 0 radical (unpaired) electrons. The zero-order valence-electron chi connectivity index (χ0n) is 14.3. The highest BCUT2D eigenvalue weighted by Crippen LogP contribution is 2.30. The topological polar surface area (TPSA) is 20.3 Å². The Labute approximate surface area is 138 Å². The number of allylic oxidation sites excluding steroid dienone is 1. The fraction of sp³-hybridized carbons (Fsp3) is 0.286. The predicted octanol–water partition coefficient (Wildman–Crippen LogP) is 5.39. The van der Waals surface area contributed by atoms with Crippen molar-refractivity contribution in [3.05, 3.63) is 70.3 Å². The second kappa shape index (κ2) is 6.04. The first-order valence-corrected chi connectivity index (χ1v) is 8.15. The van der Waals surface area contributed by atoms with Crippen LogP contribution in [0, 0.1) is 0 Å². The molecule has 2 aromatic rings. The molecule has 0 atom stereocenters. The van der Waals surface area contributed by atoms with Crippen molar-refractivity contribution >= 4 is 17.7 Å². The van der Waals surface area contributed by atoms with Crippen LogP contribution in [0.2, 0.25) is 0 Å². The predicted molar refractivity (Wildman–Crippen MR) is 96.8 cm³/mol. The smallest absolute Gasteiger partial charge is 0.258 e. The van der Waals surface area contributed by atoms with E-state index in [2.05, 4.69) is 70.2 Å². The first kappa shape index (κ1) is 15.5. The number of fused-ring (bicyclic) bond motifs is 1. The van der Waals surface area contributed by atoms with Crippen LogP contribution in [0.4, 0.5) is 5.69 Å². The van der Waals surface area contributed by atoms with Crippen molar-refractivity contribution in [2.75, 3.05) is 4.90 Å². The van der Waals surface area contributed by atoms with Crippen molar-refractivity contribution in [1.29, 1.82) is 0 Å². The van der Waals surface area contributed by atoms with E-state index in [4.69, 9.17) is 0 Å². The van der Waals surface area contributed by atoms with Crippen molar-refractivity contribution in [2.24, 2.45) is 0 Å². The molecule has 0 fully saturated rings. The lowest BCUT2D eigenvalue weighted by atomic mass is 10.0. The van der Waals surface area contributed by atoms with Crippen LogP contribution in [0.5, 0.6) is 0 Å². The minimum atomic E-state index is 0.0984. The highest BCUT2D eigenvalue weighted by Gasteiger charge is 2.28. The molecule has 0 N–H and O–H groups in total. The highest BCUT2D eigenvalue weighted by atomic mass is 16.2. The van der Waals surface area contributed by atoms with E-state index in [1.54, 1.807) is 0 Å².